The summed E-state index contributed by atoms with van der Waals surface area (Å²) in [6.07, 6.45) is 1.71. The summed E-state index contributed by atoms with van der Waals surface area (Å²) in [5.41, 5.74) is 14.0. The number of nitriles is 1. The quantitative estimate of drug-likeness (QED) is 0.182. The van der Waals surface area contributed by atoms with E-state index in [2.05, 4.69) is 187 Å². The molecular weight excluding hydrogens is 641 g/mol. The van der Waals surface area contributed by atoms with Crippen LogP contribution in [0.5, 0.6) is 0 Å². The van der Waals surface area contributed by atoms with E-state index >= 15 is 0 Å². The Bertz CT molecular complexity index is 2860. The average molecular weight is 673 g/mol. The molecule has 1 aliphatic carbocycles. The minimum absolute atomic E-state index is 0.584. The van der Waals surface area contributed by atoms with Crippen molar-refractivity contribution in [2.45, 2.75) is 5.41 Å². The van der Waals surface area contributed by atoms with Crippen LogP contribution in [0.1, 0.15) is 27.8 Å². The zero-order valence-corrected chi connectivity index (χ0v) is 28.9. The molecule has 0 fully saturated rings. The van der Waals surface area contributed by atoms with Gasteiger partial charge in [-0.2, -0.15) is 5.26 Å². The van der Waals surface area contributed by atoms with Gasteiger partial charge in [-0.25, -0.2) is 0 Å². The first-order valence-electron chi connectivity index (χ1n) is 18.0. The maximum absolute atomic E-state index is 9.61. The lowest BCUT2D eigenvalue weighted by molar-refractivity contribution is 0.769. The minimum Gasteiger partial charge on any atom is -0.256 e. The Balaban J connectivity index is 1.29. The van der Waals surface area contributed by atoms with Gasteiger partial charge in [0, 0.05) is 11.8 Å². The van der Waals surface area contributed by atoms with Crippen LogP contribution in [0.15, 0.2) is 194 Å². The Kier molecular flexibility index (Phi) is 7.13. The third-order valence-electron chi connectivity index (χ3n) is 11.0. The Hall–Kier alpha value is -7.08. The van der Waals surface area contributed by atoms with Crippen LogP contribution in [0.2, 0.25) is 0 Å². The van der Waals surface area contributed by atoms with Gasteiger partial charge in [-0.05, 0) is 114 Å². The largest absolute Gasteiger partial charge is 0.256 e. The van der Waals surface area contributed by atoms with Crippen LogP contribution >= 0.6 is 0 Å². The third kappa shape index (κ3) is 4.83. The van der Waals surface area contributed by atoms with Crippen molar-refractivity contribution in [3.8, 4) is 50.7 Å². The zero-order chi connectivity index (χ0) is 35.4. The second-order valence-electron chi connectivity index (χ2n) is 13.8. The molecule has 0 bridgehead atoms. The lowest BCUT2D eigenvalue weighted by Gasteiger charge is -2.34. The Labute approximate surface area is 308 Å². The average Bonchev–Trinajstić information content (AvgIpc) is 3.54. The zero-order valence-electron chi connectivity index (χ0n) is 28.9. The monoisotopic (exact) mass is 672 g/mol. The molecule has 8 aromatic carbocycles. The summed E-state index contributed by atoms with van der Waals surface area (Å²) in [6.45, 7) is 0. The van der Waals surface area contributed by atoms with E-state index in [0.29, 0.717) is 5.56 Å². The molecule has 0 atom stereocenters. The maximum Gasteiger partial charge on any atom is 0.0992 e. The summed E-state index contributed by atoms with van der Waals surface area (Å²) in [4.78, 5) is 4.64. The van der Waals surface area contributed by atoms with Crippen molar-refractivity contribution in [2.75, 3.05) is 0 Å². The molecule has 0 spiro atoms. The van der Waals surface area contributed by atoms with E-state index in [9.17, 15) is 5.26 Å². The van der Waals surface area contributed by atoms with Crippen molar-refractivity contribution in [2.24, 2.45) is 0 Å². The standard InChI is InChI=1S/C51H32N2/c52-33-34-26-27-53-49(28-34)40-15-11-14-39(30-40)46-32-48-50(44-21-10-9-20-43(44)46)45-25-24-38(37-23-22-35-12-7-8-13-36(35)29-37)31-47(45)51(48,41-16-3-1-4-17-41)42-18-5-2-6-19-42/h1-32H. The molecule has 246 valence electrons. The van der Waals surface area contributed by atoms with Gasteiger partial charge in [-0.3, -0.25) is 4.98 Å². The van der Waals surface area contributed by atoms with Gasteiger partial charge in [0.1, 0.15) is 0 Å². The summed E-state index contributed by atoms with van der Waals surface area (Å²) in [5, 5.41) is 14.5. The first-order valence-corrected chi connectivity index (χ1v) is 18.0. The molecule has 1 aliphatic rings. The van der Waals surface area contributed by atoms with Crippen molar-refractivity contribution in [3.63, 3.8) is 0 Å². The second kappa shape index (κ2) is 12.3. The molecule has 2 nitrogen and oxygen atoms in total. The van der Waals surface area contributed by atoms with Gasteiger partial charge in [0.05, 0.1) is 22.7 Å². The fourth-order valence-electron chi connectivity index (χ4n) is 8.64. The van der Waals surface area contributed by atoms with E-state index in [0.717, 1.165) is 22.4 Å². The van der Waals surface area contributed by atoms with Crippen LogP contribution < -0.4 is 0 Å². The topological polar surface area (TPSA) is 36.7 Å². The normalized spacial score (nSPS) is 12.7. The van der Waals surface area contributed by atoms with Crippen LogP contribution in [-0.4, -0.2) is 4.98 Å². The third-order valence-corrected chi connectivity index (χ3v) is 11.0. The highest BCUT2D eigenvalue weighted by Crippen LogP contribution is 2.59. The van der Waals surface area contributed by atoms with Gasteiger partial charge in [0.15, 0.2) is 0 Å². The number of aromatic nitrogens is 1. The second-order valence-corrected chi connectivity index (χ2v) is 13.8. The van der Waals surface area contributed by atoms with Crippen molar-refractivity contribution in [1.82, 2.24) is 4.98 Å². The van der Waals surface area contributed by atoms with Gasteiger partial charge >= 0.3 is 0 Å². The van der Waals surface area contributed by atoms with E-state index < -0.39 is 5.41 Å². The molecular formula is C51H32N2. The Morgan fingerprint density at radius 1 is 0.434 bits per heavy atom. The van der Waals surface area contributed by atoms with Crippen LogP contribution in [0.4, 0.5) is 0 Å². The number of fused-ring (bicyclic) bond motifs is 6. The number of nitrogens with zero attached hydrogens (tertiary/aromatic N) is 2. The molecule has 1 aromatic heterocycles. The number of pyridine rings is 1. The van der Waals surface area contributed by atoms with Gasteiger partial charge in [0.25, 0.3) is 0 Å². The molecule has 0 unspecified atom stereocenters. The summed E-state index contributed by atoms with van der Waals surface area (Å²) >= 11 is 0. The minimum atomic E-state index is -0.584. The van der Waals surface area contributed by atoms with E-state index in [1.807, 2.05) is 6.07 Å². The highest BCUT2D eigenvalue weighted by atomic mass is 14.7. The number of hydrogen-bond acceptors (Lipinski definition) is 2. The molecule has 10 rings (SSSR count). The van der Waals surface area contributed by atoms with Crippen molar-refractivity contribution in [1.29, 1.82) is 5.26 Å². The molecule has 0 saturated carbocycles. The van der Waals surface area contributed by atoms with E-state index in [1.54, 1.807) is 12.3 Å². The van der Waals surface area contributed by atoms with Gasteiger partial charge in [-0.1, -0.05) is 152 Å². The fourth-order valence-corrected chi connectivity index (χ4v) is 8.64. The van der Waals surface area contributed by atoms with Gasteiger partial charge in [-0.15, -0.1) is 0 Å². The molecule has 0 saturated heterocycles. The van der Waals surface area contributed by atoms with Gasteiger partial charge < -0.3 is 0 Å². The molecule has 0 aliphatic heterocycles. The molecule has 2 heteroatoms. The molecule has 53 heavy (non-hydrogen) atoms. The van der Waals surface area contributed by atoms with Crippen molar-refractivity contribution in [3.05, 3.63) is 222 Å². The van der Waals surface area contributed by atoms with Gasteiger partial charge in [0.2, 0.25) is 0 Å². The lowest BCUT2D eigenvalue weighted by Crippen LogP contribution is -2.28. The highest BCUT2D eigenvalue weighted by molar-refractivity contribution is 6.10. The van der Waals surface area contributed by atoms with E-state index in [1.165, 1.54) is 66.1 Å². The van der Waals surface area contributed by atoms with Crippen LogP contribution in [0.3, 0.4) is 0 Å². The van der Waals surface area contributed by atoms with Crippen LogP contribution in [-0.2, 0) is 5.41 Å². The lowest BCUT2D eigenvalue weighted by atomic mass is 9.67. The number of benzene rings is 8. The summed E-state index contributed by atoms with van der Waals surface area (Å²) in [7, 11) is 0. The molecule has 9 aromatic rings. The van der Waals surface area contributed by atoms with Crippen LogP contribution in [0.25, 0.3) is 66.2 Å². The summed E-state index contributed by atoms with van der Waals surface area (Å²) in [5.74, 6) is 0. The van der Waals surface area contributed by atoms with E-state index in [-0.39, 0.29) is 0 Å². The smallest absolute Gasteiger partial charge is 0.0992 e. The highest BCUT2D eigenvalue weighted by Gasteiger charge is 2.47. The maximum atomic E-state index is 9.61. The summed E-state index contributed by atoms with van der Waals surface area (Å²) < 4.78 is 0. The Morgan fingerprint density at radius 2 is 1.09 bits per heavy atom. The summed E-state index contributed by atoms with van der Waals surface area (Å²) in [6, 6.07) is 70.2. The molecule has 1 heterocycles. The molecule has 0 radical (unpaired) electrons. The number of hydrogen-bond donors (Lipinski definition) is 0. The number of rotatable bonds is 5. The van der Waals surface area contributed by atoms with E-state index in [4.69, 9.17) is 0 Å². The first-order chi connectivity index (χ1) is 26.2. The first kappa shape index (κ1) is 30.7. The Morgan fingerprint density at radius 3 is 1.87 bits per heavy atom. The SMILES string of the molecule is N#Cc1ccnc(-c2cccc(-c3cc4c(c5ccccc35)-c3ccc(-c5ccc6ccccc6c5)cc3C4(c3ccccc3)c3ccccc3)c2)c1. The predicted molar refractivity (Wildman–Crippen MR) is 218 cm³/mol. The predicted octanol–water partition coefficient (Wildman–Crippen LogP) is 12.6. The molecule has 0 N–H and O–H groups in total. The van der Waals surface area contributed by atoms with Crippen LogP contribution in [0, 0.1) is 11.3 Å². The fraction of sp³-hybridized carbons (Fsp3) is 0.0196. The van der Waals surface area contributed by atoms with Crippen molar-refractivity contribution >= 4 is 21.5 Å². The molecule has 0 amide bonds. The van der Waals surface area contributed by atoms with Crippen molar-refractivity contribution < 1.29 is 0 Å².